The van der Waals surface area contributed by atoms with Crippen LogP contribution in [-0.4, -0.2) is 27.0 Å². The van der Waals surface area contributed by atoms with Crippen molar-refractivity contribution in [3.8, 4) is 0 Å². The molecule has 0 aliphatic carbocycles. The van der Waals surface area contributed by atoms with E-state index in [4.69, 9.17) is 0 Å². The average molecular weight is 404 g/mol. The first-order valence-electron chi connectivity index (χ1n) is 8.00. The van der Waals surface area contributed by atoms with Gasteiger partial charge in [0.05, 0.1) is 11.6 Å². The van der Waals surface area contributed by atoms with Gasteiger partial charge < -0.3 is 4.90 Å². The minimum atomic E-state index is 0.0104. The summed E-state index contributed by atoms with van der Waals surface area (Å²) in [5, 5.41) is 4.46. The second-order valence-electron chi connectivity index (χ2n) is 6.29. The van der Waals surface area contributed by atoms with Crippen LogP contribution in [0.15, 0.2) is 28.9 Å². The third-order valence-electron chi connectivity index (χ3n) is 4.88. The van der Waals surface area contributed by atoms with Crippen molar-refractivity contribution in [1.29, 1.82) is 0 Å². The normalized spacial score (nSPS) is 17.3. The van der Waals surface area contributed by atoms with Gasteiger partial charge in [0.15, 0.2) is 5.69 Å². The number of pyridine rings is 1. The summed E-state index contributed by atoms with van der Waals surface area (Å²) >= 11 is 5.31. The van der Waals surface area contributed by atoms with Crippen LogP contribution in [0.3, 0.4) is 0 Å². The van der Waals surface area contributed by atoms with E-state index >= 15 is 0 Å². The van der Waals surface area contributed by atoms with Crippen LogP contribution < -0.4 is 0 Å². The molecule has 0 radical (unpaired) electrons. The number of nitrogens with zero attached hydrogens (tertiary/aromatic N) is 3. The highest BCUT2D eigenvalue weighted by molar-refractivity contribution is 9.10. The summed E-state index contributed by atoms with van der Waals surface area (Å²) < 4.78 is 2.69. The number of fused-ring (bicyclic) bond motifs is 2. The molecule has 1 aliphatic rings. The van der Waals surface area contributed by atoms with Crippen molar-refractivity contribution in [2.75, 3.05) is 6.54 Å². The number of carbonyl (C=O) groups excluding carboxylic acids is 1. The van der Waals surface area contributed by atoms with Crippen LogP contribution in [0.25, 0.3) is 5.52 Å². The van der Waals surface area contributed by atoms with E-state index in [0.29, 0.717) is 5.69 Å². The number of rotatable bonds is 1. The predicted molar refractivity (Wildman–Crippen MR) is 99.8 cm³/mol. The standard InChI is InChI=1S/C18H18BrN3OS/c1-10-12(3)24-16-6-7-21(11(2)17(10)16)18(23)15-8-14-5-4-13(19)9-22(14)20-15/h4-5,8-9,11H,6-7H2,1-3H3. The molecule has 0 saturated carbocycles. The molecule has 1 atom stereocenters. The van der Waals surface area contributed by atoms with Crippen LogP contribution in [0.5, 0.6) is 0 Å². The zero-order chi connectivity index (χ0) is 17.0. The van der Waals surface area contributed by atoms with Gasteiger partial charge in [-0.15, -0.1) is 11.3 Å². The minimum Gasteiger partial charge on any atom is -0.330 e. The number of halogens is 1. The lowest BCUT2D eigenvalue weighted by Gasteiger charge is -2.33. The summed E-state index contributed by atoms with van der Waals surface area (Å²) in [6.07, 6.45) is 2.81. The highest BCUT2D eigenvalue weighted by Gasteiger charge is 2.32. The topological polar surface area (TPSA) is 37.6 Å². The number of aromatic nitrogens is 2. The molecule has 4 nitrogen and oxygen atoms in total. The number of hydrogen-bond acceptors (Lipinski definition) is 3. The first-order chi connectivity index (χ1) is 11.5. The smallest absolute Gasteiger partial charge is 0.274 e. The third kappa shape index (κ3) is 2.40. The number of hydrogen-bond donors (Lipinski definition) is 0. The van der Waals surface area contributed by atoms with Crippen LogP contribution in [0.2, 0.25) is 0 Å². The van der Waals surface area contributed by atoms with Gasteiger partial charge in [-0.05, 0) is 72.4 Å². The molecule has 0 N–H and O–H groups in total. The van der Waals surface area contributed by atoms with Crippen LogP contribution >= 0.6 is 27.3 Å². The van der Waals surface area contributed by atoms with E-state index in [-0.39, 0.29) is 11.9 Å². The monoisotopic (exact) mass is 403 g/mol. The van der Waals surface area contributed by atoms with Gasteiger partial charge in [0.1, 0.15) is 0 Å². The molecule has 0 aromatic carbocycles. The fourth-order valence-electron chi connectivity index (χ4n) is 3.51. The van der Waals surface area contributed by atoms with Crippen LogP contribution in [-0.2, 0) is 6.42 Å². The Kier molecular flexibility index (Phi) is 3.77. The molecule has 1 amide bonds. The lowest BCUT2D eigenvalue weighted by molar-refractivity contribution is 0.0672. The second-order valence-corrected chi connectivity index (χ2v) is 8.52. The van der Waals surface area contributed by atoms with Crippen LogP contribution in [0.4, 0.5) is 0 Å². The van der Waals surface area contributed by atoms with Crippen LogP contribution in [0.1, 0.15) is 44.3 Å². The van der Waals surface area contributed by atoms with Gasteiger partial charge >= 0.3 is 0 Å². The molecule has 1 aliphatic heterocycles. The van der Waals surface area contributed by atoms with Gasteiger partial charge in [-0.2, -0.15) is 5.10 Å². The maximum absolute atomic E-state index is 13.0. The summed E-state index contributed by atoms with van der Waals surface area (Å²) in [7, 11) is 0. The molecule has 6 heteroatoms. The first kappa shape index (κ1) is 15.8. The van der Waals surface area contributed by atoms with Crippen molar-refractivity contribution < 1.29 is 4.79 Å². The summed E-state index contributed by atoms with van der Waals surface area (Å²) in [6.45, 7) is 7.21. The minimum absolute atomic E-state index is 0.0104. The van der Waals surface area contributed by atoms with E-state index < -0.39 is 0 Å². The molecular weight excluding hydrogens is 386 g/mol. The molecule has 1 unspecified atom stereocenters. The predicted octanol–water partition coefficient (Wildman–Crippen LogP) is 4.53. The van der Waals surface area contributed by atoms with Crippen molar-refractivity contribution in [1.82, 2.24) is 14.5 Å². The fourth-order valence-corrected chi connectivity index (χ4v) is 5.09. The van der Waals surface area contributed by atoms with E-state index in [0.717, 1.165) is 23.0 Å². The van der Waals surface area contributed by atoms with Crippen molar-refractivity contribution in [3.05, 3.63) is 55.4 Å². The zero-order valence-corrected chi connectivity index (χ0v) is 16.2. The molecule has 0 spiro atoms. The van der Waals surface area contributed by atoms with E-state index in [1.165, 1.54) is 20.9 Å². The highest BCUT2D eigenvalue weighted by Crippen LogP contribution is 2.39. The SMILES string of the molecule is Cc1sc2c(c1C)C(C)N(C(=O)c1cc3ccc(Br)cn3n1)CC2. The van der Waals surface area contributed by atoms with E-state index in [1.54, 1.807) is 4.52 Å². The maximum Gasteiger partial charge on any atom is 0.274 e. The number of amides is 1. The Bertz CT molecular complexity index is 959. The molecule has 3 aromatic rings. The molecule has 4 heterocycles. The van der Waals surface area contributed by atoms with Gasteiger partial charge in [-0.3, -0.25) is 4.79 Å². The maximum atomic E-state index is 13.0. The van der Waals surface area contributed by atoms with E-state index in [2.05, 4.69) is 41.8 Å². The molecule has 124 valence electrons. The Labute approximate surface area is 153 Å². The van der Waals surface area contributed by atoms with Gasteiger partial charge in [0, 0.05) is 27.0 Å². The third-order valence-corrected chi connectivity index (χ3v) is 6.63. The quantitative estimate of drug-likeness (QED) is 0.598. The van der Waals surface area contributed by atoms with Gasteiger partial charge in [0.2, 0.25) is 0 Å². The number of thiophene rings is 1. The molecule has 0 fully saturated rings. The van der Waals surface area contributed by atoms with Gasteiger partial charge in [-0.1, -0.05) is 0 Å². The van der Waals surface area contributed by atoms with Gasteiger partial charge in [0.25, 0.3) is 5.91 Å². The van der Waals surface area contributed by atoms with Crippen LogP contribution in [0, 0.1) is 13.8 Å². The summed E-state index contributed by atoms with van der Waals surface area (Å²) in [5.41, 5.74) is 4.10. The number of carbonyl (C=O) groups is 1. The Morgan fingerprint density at radius 2 is 2.17 bits per heavy atom. The average Bonchev–Trinajstić information content (AvgIpc) is 3.09. The van der Waals surface area contributed by atoms with Crippen molar-refractivity contribution in [3.63, 3.8) is 0 Å². The molecular formula is C18H18BrN3OS. The molecule has 0 saturated heterocycles. The van der Waals surface area contributed by atoms with Crippen molar-refractivity contribution >= 4 is 38.7 Å². The first-order valence-corrected chi connectivity index (χ1v) is 9.61. The lowest BCUT2D eigenvalue weighted by atomic mass is 9.96. The largest absolute Gasteiger partial charge is 0.330 e. The molecule has 3 aromatic heterocycles. The van der Waals surface area contributed by atoms with Gasteiger partial charge in [-0.25, -0.2) is 4.52 Å². The van der Waals surface area contributed by atoms with E-state index in [1.807, 2.05) is 40.6 Å². The number of aryl methyl sites for hydroxylation is 1. The summed E-state index contributed by atoms with van der Waals surface area (Å²) in [6, 6.07) is 5.88. The Morgan fingerprint density at radius 3 is 2.96 bits per heavy atom. The molecule has 0 bridgehead atoms. The van der Waals surface area contributed by atoms with Crippen molar-refractivity contribution in [2.45, 2.75) is 33.2 Å². The Morgan fingerprint density at radius 1 is 1.38 bits per heavy atom. The van der Waals surface area contributed by atoms with E-state index in [9.17, 15) is 4.79 Å². The second kappa shape index (κ2) is 5.70. The Balaban J connectivity index is 1.70. The molecule has 4 rings (SSSR count). The fraction of sp³-hybridized carbons (Fsp3) is 0.333. The zero-order valence-electron chi connectivity index (χ0n) is 13.8. The summed E-state index contributed by atoms with van der Waals surface area (Å²) in [5.74, 6) is 0.0104. The van der Waals surface area contributed by atoms with Crippen molar-refractivity contribution in [2.24, 2.45) is 0 Å². The molecule has 24 heavy (non-hydrogen) atoms. The summed E-state index contributed by atoms with van der Waals surface area (Å²) in [4.78, 5) is 17.8. The lowest BCUT2D eigenvalue weighted by Crippen LogP contribution is -2.38. The Hall–Kier alpha value is -1.66. The highest BCUT2D eigenvalue weighted by atomic mass is 79.9.